The van der Waals surface area contributed by atoms with E-state index in [4.69, 9.17) is 0 Å². The Kier molecular flexibility index (Phi) is 4.82. The normalized spacial score (nSPS) is 10.4. The summed E-state index contributed by atoms with van der Waals surface area (Å²) in [5.74, 6) is -0.0930. The molecular formula is C16H13N3OS2. The fourth-order valence-electron chi connectivity index (χ4n) is 1.80. The summed E-state index contributed by atoms with van der Waals surface area (Å²) in [7, 11) is 0. The Balaban J connectivity index is 1.60. The molecule has 1 amide bonds. The first-order valence-electron chi connectivity index (χ1n) is 6.67. The van der Waals surface area contributed by atoms with Crippen LogP contribution in [0.1, 0.15) is 15.4 Å². The SMILES string of the molecule is O=C(NCc1nccs1)c1ccc(Sc2ccccn2)cc1. The van der Waals surface area contributed by atoms with Gasteiger partial charge in [-0.3, -0.25) is 4.79 Å². The van der Waals surface area contributed by atoms with Crippen LogP contribution in [0, 0.1) is 0 Å². The summed E-state index contributed by atoms with van der Waals surface area (Å²) in [6.45, 7) is 0.459. The van der Waals surface area contributed by atoms with E-state index >= 15 is 0 Å². The lowest BCUT2D eigenvalue weighted by molar-refractivity contribution is 0.0951. The molecule has 2 aromatic heterocycles. The quantitative estimate of drug-likeness (QED) is 0.777. The van der Waals surface area contributed by atoms with Gasteiger partial charge >= 0.3 is 0 Å². The molecule has 0 bridgehead atoms. The van der Waals surface area contributed by atoms with Crippen LogP contribution in [-0.4, -0.2) is 15.9 Å². The number of carbonyl (C=O) groups excluding carboxylic acids is 1. The van der Waals surface area contributed by atoms with Crippen molar-refractivity contribution in [1.29, 1.82) is 0 Å². The van der Waals surface area contributed by atoms with Crippen LogP contribution in [0.2, 0.25) is 0 Å². The number of nitrogens with zero attached hydrogens (tertiary/aromatic N) is 2. The summed E-state index contributed by atoms with van der Waals surface area (Å²) < 4.78 is 0. The summed E-state index contributed by atoms with van der Waals surface area (Å²) in [5.41, 5.74) is 0.641. The summed E-state index contributed by atoms with van der Waals surface area (Å²) in [5, 5.41) is 6.59. The fraction of sp³-hybridized carbons (Fsp3) is 0.0625. The average Bonchev–Trinajstić information content (AvgIpc) is 3.08. The predicted octanol–water partition coefficient (Wildman–Crippen LogP) is 3.62. The number of rotatable bonds is 5. The van der Waals surface area contributed by atoms with Crippen molar-refractivity contribution in [2.45, 2.75) is 16.5 Å². The molecule has 0 aliphatic carbocycles. The number of pyridine rings is 1. The molecule has 6 heteroatoms. The second-order valence-electron chi connectivity index (χ2n) is 4.40. The van der Waals surface area contributed by atoms with E-state index in [1.165, 1.54) is 11.3 Å². The van der Waals surface area contributed by atoms with Crippen molar-refractivity contribution in [3.05, 3.63) is 70.8 Å². The minimum atomic E-state index is -0.0930. The molecule has 0 atom stereocenters. The molecule has 22 heavy (non-hydrogen) atoms. The van der Waals surface area contributed by atoms with Gasteiger partial charge in [-0.05, 0) is 36.4 Å². The monoisotopic (exact) mass is 327 g/mol. The van der Waals surface area contributed by atoms with Gasteiger partial charge in [0.05, 0.1) is 6.54 Å². The van der Waals surface area contributed by atoms with Crippen LogP contribution in [0.15, 0.2) is 70.2 Å². The van der Waals surface area contributed by atoms with Gasteiger partial charge in [-0.25, -0.2) is 9.97 Å². The van der Waals surface area contributed by atoms with Crippen molar-refractivity contribution in [2.75, 3.05) is 0 Å². The number of hydrogen-bond donors (Lipinski definition) is 1. The molecule has 1 N–H and O–H groups in total. The third kappa shape index (κ3) is 3.93. The van der Waals surface area contributed by atoms with Crippen LogP contribution in [0.4, 0.5) is 0 Å². The van der Waals surface area contributed by atoms with Crippen molar-refractivity contribution < 1.29 is 4.79 Å². The lowest BCUT2D eigenvalue weighted by atomic mass is 10.2. The van der Waals surface area contributed by atoms with Crippen LogP contribution in [0.25, 0.3) is 0 Å². The zero-order valence-corrected chi connectivity index (χ0v) is 13.2. The van der Waals surface area contributed by atoms with Gasteiger partial charge in [-0.15, -0.1) is 11.3 Å². The van der Waals surface area contributed by atoms with Crippen molar-refractivity contribution >= 4 is 29.0 Å². The first-order valence-corrected chi connectivity index (χ1v) is 8.36. The second-order valence-corrected chi connectivity index (χ2v) is 6.48. The van der Waals surface area contributed by atoms with E-state index in [0.29, 0.717) is 12.1 Å². The minimum Gasteiger partial charge on any atom is -0.346 e. The maximum absolute atomic E-state index is 12.1. The van der Waals surface area contributed by atoms with E-state index in [-0.39, 0.29) is 5.91 Å². The molecule has 4 nitrogen and oxygen atoms in total. The largest absolute Gasteiger partial charge is 0.346 e. The molecule has 0 spiro atoms. The highest BCUT2D eigenvalue weighted by Gasteiger charge is 2.06. The van der Waals surface area contributed by atoms with Crippen LogP contribution >= 0.6 is 23.1 Å². The number of benzene rings is 1. The molecule has 0 aliphatic rings. The molecule has 3 aromatic rings. The van der Waals surface area contributed by atoms with Gasteiger partial charge in [0.25, 0.3) is 5.91 Å². The topological polar surface area (TPSA) is 54.9 Å². The van der Waals surface area contributed by atoms with Gasteiger partial charge < -0.3 is 5.32 Å². The van der Waals surface area contributed by atoms with Crippen LogP contribution in [0.5, 0.6) is 0 Å². The highest BCUT2D eigenvalue weighted by atomic mass is 32.2. The van der Waals surface area contributed by atoms with Gasteiger partial charge in [-0.1, -0.05) is 17.8 Å². The smallest absolute Gasteiger partial charge is 0.251 e. The molecular weight excluding hydrogens is 314 g/mol. The van der Waals surface area contributed by atoms with E-state index in [1.54, 1.807) is 24.2 Å². The van der Waals surface area contributed by atoms with E-state index in [9.17, 15) is 4.79 Å². The van der Waals surface area contributed by atoms with Gasteiger partial charge in [0.2, 0.25) is 0 Å². The van der Waals surface area contributed by atoms with Gasteiger partial charge in [-0.2, -0.15) is 0 Å². The Bertz CT molecular complexity index is 728. The van der Waals surface area contributed by atoms with Crippen LogP contribution in [-0.2, 0) is 6.54 Å². The maximum atomic E-state index is 12.1. The third-order valence-corrected chi connectivity index (χ3v) is 4.60. The number of carbonyl (C=O) groups is 1. The molecule has 110 valence electrons. The lowest BCUT2D eigenvalue weighted by Gasteiger charge is -2.05. The van der Waals surface area contributed by atoms with E-state index in [2.05, 4.69) is 15.3 Å². The Labute approximate surface area is 136 Å². The summed E-state index contributed by atoms with van der Waals surface area (Å²) in [6.07, 6.45) is 3.50. The lowest BCUT2D eigenvalue weighted by Crippen LogP contribution is -2.22. The zero-order chi connectivity index (χ0) is 15.2. The Morgan fingerprint density at radius 1 is 1.09 bits per heavy atom. The molecule has 1 aromatic carbocycles. The maximum Gasteiger partial charge on any atom is 0.251 e. The van der Waals surface area contributed by atoms with Gasteiger partial charge in [0.1, 0.15) is 10.0 Å². The standard InChI is InChI=1S/C16H13N3OS2/c20-16(19-11-15-18-9-10-21-15)12-4-6-13(7-5-12)22-14-3-1-2-8-17-14/h1-10H,11H2,(H,19,20). The Morgan fingerprint density at radius 2 is 1.95 bits per heavy atom. The third-order valence-electron chi connectivity index (χ3n) is 2.86. The van der Waals surface area contributed by atoms with Crippen molar-refractivity contribution in [1.82, 2.24) is 15.3 Å². The number of aromatic nitrogens is 2. The van der Waals surface area contributed by atoms with Crippen molar-refractivity contribution in [2.24, 2.45) is 0 Å². The molecule has 0 fully saturated rings. The highest BCUT2D eigenvalue weighted by Crippen LogP contribution is 2.25. The minimum absolute atomic E-state index is 0.0930. The molecule has 0 aliphatic heterocycles. The molecule has 0 saturated heterocycles. The van der Waals surface area contributed by atoms with E-state index < -0.39 is 0 Å². The van der Waals surface area contributed by atoms with E-state index in [0.717, 1.165) is 14.9 Å². The first-order chi connectivity index (χ1) is 10.8. The molecule has 0 unspecified atom stereocenters. The zero-order valence-electron chi connectivity index (χ0n) is 11.6. The second kappa shape index (κ2) is 7.20. The van der Waals surface area contributed by atoms with Gasteiger partial charge in [0, 0.05) is 28.2 Å². The van der Waals surface area contributed by atoms with E-state index in [1.807, 2.05) is 47.8 Å². The summed E-state index contributed by atoms with van der Waals surface area (Å²) in [6, 6.07) is 13.3. The van der Waals surface area contributed by atoms with Crippen LogP contribution < -0.4 is 5.32 Å². The molecule has 3 rings (SSSR count). The number of thiazole rings is 1. The Morgan fingerprint density at radius 3 is 2.64 bits per heavy atom. The average molecular weight is 327 g/mol. The van der Waals surface area contributed by atoms with Crippen molar-refractivity contribution in [3.63, 3.8) is 0 Å². The first kappa shape index (κ1) is 14.7. The molecule has 0 radical (unpaired) electrons. The number of nitrogens with one attached hydrogen (secondary N) is 1. The highest BCUT2D eigenvalue weighted by molar-refractivity contribution is 7.99. The van der Waals surface area contributed by atoms with Crippen molar-refractivity contribution in [3.8, 4) is 0 Å². The predicted molar refractivity (Wildman–Crippen MR) is 88.1 cm³/mol. The molecule has 2 heterocycles. The Hall–Kier alpha value is -2.18. The number of amides is 1. The van der Waals surface area contributed by atoms with Crippen LogP contribution in [0.3, 0.4) is 0 Å². The summed E-state index contributed by atoms with van der Waals surface area (Å²) >= 11 is 3.10. The number of hydrogen-bond acceptors (Lipinski definition) is 5. The van der Waals surface area contributed by atoms with Gasteiger partial charge in [0.15, 0.2) is 0 Å². The fourth-order valence-corrected chi connectivity index (χ4v) is 3.13. The summed E-state index contributed by atoms with van der Waals surface area (Å²) in [4.78, 5) is 21.5. The molecule has 0 saturated carbocycles.